The predicted molar refractivity (Wildman–Crippen MR) is 110 cm³/mol. The largest absolute Gasteiger partial charge is 0.292 e. The van der Waals surface area contributed by atoms with Crippen molar-refractivity contribution in [2.24, 2.45) is 0 Å². The highest BCUT2D eigenvalue weighted by Crippen LogP contribution is 2.31. The van der Waals surface area contributed by atoms with Gasteiger partial charge in [0.05, 0.1) is 11.4 Å². The van der Waals surface area contributed by atoms with Gasteiger partial charge in [0.15, 0.2) is 0 Å². The summed E-state index contributed by atoms with van der Waals surface area (Å²) in [5, 5.41) is 1.29. The smallest absolute Gasteiger partial charge is 0.260 e. The number of fused-ring (bicyclic) bond motifs is 1. The van der Waals surface area contributed by atoms with Gasteiger partial charge in [-0.1, -0.05) is 30.7 Å². The van der Waals surface area contributed by atoms with E-state index in [1.54, 1.807) is 29.2 Å². The van der Waals surface area contributed by atoms with Crippen LogP contribution in [0.3, 0.4) is 0 Å². The van der Waals surface area contributed by atoms with Crippen molar-refractivity contribution in [2.45, 2.75) is 26.8 Å². The van der Waals surface area contributed by atoms with Crippen molar-refractivity contribution >= 4 is 22.6 Å². The van der Waals surface area contributed by atoms with Gasteiger partial charge in [-0.15, -0.1) is 0 Å². The van der Waals surface area contributed by atoms with Gasteiger partial charge in [-0.25, -0.2) is 9.97 Å². The molecule has 0 N–H and O–H groups in total. The molecule has 140 valence electrons. The molecule has 0 saturated heterocycles. The molecular formula is C21H18ClN5O. The van der Waals surface area contributed by atoms with Gasteiger partial charge in [-0.3, -0.25) is 19.3 Å². The van der Waals surface area contributed by atoms with E-state index in [9.17, 15) is 4.79 Å². The quantitative estimate of drug-likeness (QED) is 0.519. The van der Waals surface area contributed by atoms with Crippen LogP contribution in [0.4, 0.5) is 0 Å². The molecule has 0 aliphatic heterocycles. The number of nitrogens with zero attached hydrogens (tertiary/aromatic N) is 5. The maximum atomic E-state index is 13.2. The van der Waals surface area contributed by atoms with Crippen molar-refractivity contribution < 1.29 is 0 Å². The second-order valence-electron chi connectivity index (χ2n) is 6.50. The lowest BCUT2D eigenvalue weighted by molar-refractivity contribution is 0.672. The van der Waals surface area contributed by atoms with Crippen molar-refractivity contribution in [2.75, 3.05) is 0 Å². The fourth-order valence-electron chi connectivity index (χ4n) is 3.32. The third-order valence-electron chi connectivity index (χ3n) is 4.61. The number of aryl methyl sites for hydroxylation is 2. The lowest BCUT2D eigenvalue weighted by Crippen LogP contribution is -2.23. The predicted octanol–water partition coefficient (Wildman–Crippen LogP) is 4.29. The van der Waals surface area contributed by atoms with Crippen molar-refractivity contribution in [3.8, 4) is 22.4 Å². The summed E-state index contributed by atoms with van der Waals surface area (Å²) < 4.78 is 1.68. The minimum Gasteiger partial charge on any atom is -0.292 e. The summed E-state index contributed by atoms with van der Waals surface area (Å²) in [4.78, 5) is 30.2. The Hall–Kier alpha value is -3.12. The number of aromatic nitrogens is 5. The molecule has 3 heterocycles. The minimum atomic E-state index is -0.113. The van der Waals surface area contributed by atoms with E-state index in [4.69, 9.17) is 11.6 Å². The van der Waals surface area contributed by atoms with E-state index >= 15 is 0 Å². The fraction of sp³-hybridized carbons (Fsp3) is 0.190. The summed E-state index contributed by atoms with van der Waals surface area (Å²) in [6.45, 7) is 4.50. The Morgan fingerprint density at radius 1 is 1.07 bits per heavy atom. The molecule has 0 amide bonds. The molecule has 4 aromatic rings. The lowest BCUT2D eigenvalue weighted by atomic mass is 10.0. The van der Waals surface area contributed by atoms with Crippen LogP contribution in [-0.4, -0.2) is 24.5 Å². The van der Waals surface area contributed by atoms with Gasteiger partial charge in [-0.05, 0) is 25.5 Å². The highest BCUT2D eigenvalue weighted by atomic mass is 35.5. The van der Waals surface area contributed by atoms with E-state index in [1.165, 1.54) is 6.33 Å². The molecule has 7 heteroatoms. The molecule has 4 rings (SSSR count). The average molecular weight is 392 g/mol. The zero-order valence-electron chi connectivity index (χ0n) is 15.6. The third-order valence-corrected chi connectivity index (χ3v) is 4.92. The van der Waals surface area contributed by atoms with Gasteiger partial charge in [-0.2, -0.15) is 0 Å². The maximum absolute atomic E-state index is 13.2. The normalized spacial score (nSPS) is 11.1. The molecule has 1 aromatic carbocycles. The van der Waals surface area contributed by atoms with Gasteiger partial charge in [0.2, 0.25) is 0 Å². The number of hydrogen-bond acceptors (Lipinski definition) is 5. The van der Waals surface area contributed by atoms with Gasteiger partial charge >= 0.3 is 0 Å². The molecular weight excluding hydrogens is 374 g/mol. The summed E-state index contributed by atoms with van der Waals surface area (Å²) in [5.74, 6) is 0. The highest BCUT2D eigenvalue weighted by molar-refractivity contribution is 6.33. The molecule has 0 unspecified atom stereocenters. The average Bonchev–Trinajstić information content (AvgIpc) is 2.70. The van der Waals surface area contributed by atoms with Crippen LogP contribution in [0.2, 0.25) is 5.02 Å². The van der Waals surface area contributed by atoms with Crippen LogP contribution in [0, 0.1) is 6.92 Å². The summed E-state index contributed by atoms with van der Waals surface area (Å²) in [5.41, 5.74) is 4.17. The molecule has 0 aliphatic rings. The van der Waals surface area contributed by atoms with Gasteiger partial charge in [0, 0.05) is 52.2 Å². The third kappa shape index (κ3) is 3.16. The van der Waals surface area contributed by atoms with Crippen LogP contribution < -0.4 is 5.56 Å². The number of halogens is 1. The number of rotatable bonds is 4. The second-order valence-corrected chi connectivity index (χ2v) is 6.91. The van der Waals surface area contributed by atoms with E-state index < -0.39 is 0 Å². The first-order valence-electron chi connectivity index (χ1n) is 9.01. The number of benzene rings is 1. The Balaban J connectivity index is 1.90. The summed E-state index contributed by atoms with van der Waals surface area (Å²) in [7, 11) is 0. The number of hydrogen-bond donors (Lipinski definition) is 0. The van der Waals surface area contributed by atoms with Crippen molar-refractivity contribution in [3.05, 3.63) is 70.3 Å². The second kappa shape index (κ2) is 7.48. The summed E-state index contributed by atoms with van der Waals surface area (Å²) in [6.07, 6.45) is 7.29. The Labute approximate surface area is 166 Å². The SMILES string of the molecule is CCCn1c(=O)c(-c2ccc(-c3nccnc3C)cc2Cl)cc2cncnc21. The topological polar surface area (TPSA) is 73.6 Å². The molecule has 0 fully saturated rings. The van der Waals surface area contributed by atoms with E-state index in [0.29, 0.717) is 28.3 Å². The van der Waals surface area contributed by atoms with Crippen molar-refractivity contribution in [1.29, 1.82) is 0 Å². The molecule has 0 atom stereocenters. The summed E-state index contributed by atoms with van der Waals surface area (Å²) >= 11 is 6.59. The van der Waals surface area contributed by atoms with Crippen LogP contribution >= 0.6 is 11.6 Å². The molecule has 28 heavy (non-hydrogen) atoms. The molecule has 0 radical (unpaired) electrons. The molecule has 0 spiro atoms. The van der Waals surface area contributed by atoms with Crippen molar-refractivity contribution in [3.63, 3.8) is 0 Å². The molecule has 0 bridgehead atoms. The van der Waals surface area contributed by atoms with Gasteiger partial charge in [0.25, 0.3) is 5.56 Å². The lowest BCUT2D eigenvalue weighted by Gasteiger charge is -2.13. The van der Waals surface area contributed by atoms with E-state index in [0.717, 1.165) is 28.8 Å². The Morgan fingerprint density at radius 2 is 1.89 bits per heavy atom. The van der Waals surface area contributed by atoms with Crippen LogP contribution in [0.5, 0.6) is 0 Å². The monoisotopic (exact) mass is 391 g/mol. The maximum Gasteiger partial charge on any atom is 0.260 e. The molecule has 0 saturated carbocycles. The van der Waals surface area contributed by atoms with Crippen LogP contribution in [0.25, 0.3) is 33.4 Å². The fourth-order valence-corrected chi connectivity index (χ4v) is 3.60. The number of pyridine rings is 1. The van der Waals surface area contributed by atoms with Gasteiger partial charge in [0.1, 0.15) is 12.0 Å². The van der Waals surface area contributed by atoms with Crippen LogP contribution in [0.15, 0.2) is 54.0 Å². The molecule has 0 aliphatic carbocycles. The highest BCUT2D eigenvalue weighted by Gasteiger charge is 2.15. The first-order chi connectivity index (χ1) is 13.6. The Morgan fingerprint density at radius 3 is 2.64 bits per heavy atom. The van der Waals surface area contributed by atoms with E-state index in [2.05, 4.69) is 19.9 Å². The van der Waals surface area contributed by atoms with E-state index in [1.807, 2.05) is 32.0 Å². The first-order valence-corrected chi connectivity index (χ1v) is 9.39. The van der Waals surface area contributed by atoms with Crippen LogP contribution in [-0.2, 0) is 6.54 Å². The molecule has 6 nitrogen and oxygen atoms in total. The molecule has 3 aromatic heterocycles. The minimum absolute atomic E-state index is 0.113. The Kier molecular flexibility index (Phi) is 4.88. The van der Waals surface area contributed by atoms with Crippen LogP contribution in [0.1, 0.15) is 19.0 Å². The zero-order chi connectivity index (χ0) is 19.7. The van der Waals surface area contributed by atoms with Crippen molar-refractivity contribution in [1.82, 2.24) is 24.5 Å². The van der Waals surface area contributed by atoms with E-state index in [-0.39, 0.29) is 5.56 Å². The standard InChI is InChI=1S/C21H18ClN5O/c1-3-8-27-20-15(11-23-12-26-20)9-17(21(27)28)16-5-4-14(10-18(16)22)19-13(2)24-6-7-25-19/h4-7,9-12H,3,8H2,1-2H3. The zero-order valence-corrected chi connectivity index (χ0v) is 16.3. The first kappa shape index (κ1) is 18.3. The summed E-state index contributed by atoms with van der Waals surface area (Å²) in [6, 6.07) is 7.39. The Bertz CT molecular complexity index is 1240. The van der Waals surface area contributed by atoms with Gasteiger partial charge < -0.3 is 0 Å².